The highest BCUT2D eigenvalue weighted by atomic mass is 16.5. The molecule has 4 aromatic carbocycles. The number of rotatable bonds is 11. The van der Waals surface area contributed by atoms with E-state index in [-0.39, 0.29) is 18.0 Å². The zero-order valence-electron chi connectivity index (χ0n) is 26.7. The largest absolute Gasteiger partial charge is 0.497 e. The van der Waals surface area contributed by atoms with Gasteiger partial charge in [0, 0.05) is 35.1 Å². The van der Waals surface area contributed by atoms with Gasteiger partial charge in [0.15, 0.2) is 28.8 Å². The van der Waals surface area contributed by atoms with Gasteiger partial charge >= 0.3 is 5.97 Å². The number of ether oxygens (including phenoxy) is 8. The maximum absolute atomic E-state index is 13.7. The van der Waals surface area contributed by atoms with E-state index in [1.165, 1.54) is 21.3 Å². The molecule has 2 aliphatic rings. The van der Waals surface area contributed by atoms with E-state index in [0.29, 0.717) is 75.5 Å². The van der Waals surface area contributed by atoms with Crippen LogP contribution in [0.4, 0.5) is 0 Å². The van der Waals surface area contributed by atoms with E-state index in [9.17, 15) is 9.59 Å². The monoisotopic (exact) mass is 638 g/mol. The molecule has 0 saturated carbocycles. The van der Waals surface area contributed by atoms with E-state index in [1.807, 2.05) is 36.4 Å². The summed E-state index contributed by atoms with van der Waals surface area (Å²) < 4.78 is 45.7. The SMILES string of the molecule is COc1ccc(CCOc2c(OC)cccc2C2CC(=O)Oc3ccc4c(c32)O/C(=C\c2cc(OC)c(OC)cc2OC)C4=O)cc1. The number of hydrogen-bond donors (Lipinski definition) is 0. The van der Waals surface area contributed by atoms with Gasteiger partial charge in [-0.2, -0.15) is 0 Å². The Kier molecular flexibility index (Phi) is 8.92. The Morgan fingerprint density at radius 1 is 0.766 bits per heavy atom. The van der Waals surface area contributed by atoms with E-state index >= 15 is 0 Å². The van der Waals surface area contributed by atoms with Crippen molar-refractivity contribution in [2.45, 2.75) is 18.8 Å². The second-order valence-corrected chi connectivity index (χ2v) is 10.8. The second-order valence-electron chi connectivity index (χ2n) is 10.8. The highest BCUT2D eigenvalue weighted by Crippen LogP contribution is 2.52. The number of hydrogen-bond acceptors (Lipinski definition) is 10. The van der Waals surface area contributed by atoms with Crippen molar-refractivity contribution in [2.24, 2.45) is 0 Å². The number of benzene rings is 4. The summed E-state index contributed by atoms with van der Waals surface area (Å²) in [5, 5.41) is 0. The molecule has 0 radical (unpaired) electrons. The van der Waals surface area contributed by atoms with Crippen LogP contribution < -0.4 is 37.9 Å². The highest BCUT2D eigenvalue weighted by Gasteiger charge is 2.40. The molecule has 0 N–H and O–H groups in total. The highest BCUT2D eigenvalue weighted by molar-refractivity contribution is 6.15. The minimum atomic E-state index is -0.546. The van der Waals surface area contributed by atoms with E-state index < -0.39 is 11.9 Å². The average molecular weight is 639 g/mol. The third-order valence-electron chi connectivity index (χ3n) is 8.20. The van der Waals surface area contributed by atoms with Crippen LogP contribution in [0.15, 0.2) is 72.5 Å². The van der Waals surface area contributed by atoms with Crippen molar-refractivity contribution in [3.8, 4) is 46.0 Å². The maximum atomic E-state index is 13.7. The lowest BCUT2D eigenvalue weighted by molar-refractivity contribution is -0.135. The van der Waals surface area contributed by atoms with Gasteiger partial charge in [-0.1, -0.05) is 24.3 Å². The van der Waals surface area contributed by atoms with E-state index in [2.05, 4.69) is 0 Å². The van der Waals surface area contributed by atoms with Gasteiger partial charge < -0.3 is 37.9 Å². The Bertz CT molecular complexity index is 1860. The Hall–Kier alpha value is -5.64. The molecule has 1 unspecified atom stereocenters. The molecule has 10 nitrogen and oxygen atoms in total. The van der Waals surface area contributed by atoms with Crippen LogP contribution in [-0.2, 0) is 11.2 Å². The molecule has 4 aromatic rings. The molecule has 0 aliphatic carbocycles. The summed E-state index contributed by atoms with van der Waals surface area (Å²) in [4.78, 5) is 26.6. The molecule has 0 amide bonds. The van der Waals surface area contributed by atoms with Crippen LogP contribution in [0.25, 0.3) is 6.08 Å². The van der Waals surface area contributed by atoms with Crippen LogP contribution in [0.3, 0.4) is 0 Å². The van der Waals surface area contributed by atoms with E-state index in [1.54, 1.807) is 50.6 Å². The van der Waals surface area contributed by atoms with E-state index in [4.69, 9.17) is 37.9 Å². The minimum Gasteiger partial charge on any atom is -0.497 e. The molecular formula is C37H34O10. The number of methoxy groups -OCH3 is 5. The van der Waals surface area contributed by atoms with Crippen molar-refractivity contribution in [1.29, 1.82) is 0 Å². The summed E-state index contributed by atoms with van der Waals surface area (Å²) in [6, 6.07) is 19.9. The number of Topliss-reactive ketones (excluding diaryl/α,β-unsaturated/α-hetero) is 1. The number of ketones is 1. The molecule has 0 saturated heterocycles. The minimum absolute atomic E-state index is 0.00552. The van der Waals surface area contributed by atoms with Crippen LogP contribution in [-0.4, -0.2) is 53.9 Å². The van der Waals surface area contributed by atoms with Crippen LogP contribution in [0.1, 0.15) is 45.0 Å². The number of fused-ring (bicyclic) bond motifs is 3. The smallest absolute Gasteiger partial charge is 0.312 e. The number of carbonyl (C=O) groups is 2. The van der Waals surface area contributed by atoms with Gasteiger partial charge in [0.2, 0.25) is 5.78 Å². The van der Waals surface area contributed by atoms with Crippen LogP contribution >= 0.6 is 0 Å². The molecule has 1 atom stereocenters. The topological polar surface area (TPSA) is 108 Å². The quantitative estimate of drug-likeness (QED) is 0.104. The molecule has 0 fully saturated rings. The second kappa shape index (κ2) is 13.4. The fourth-order valence-corrected chi connectivity index (χ4v) is 5.86. The Labute approximate surface area is 272 Å². The molecule has 2 heterocycles. The fraction of sp³-hybridized carbons (Fsp3) is 0.243. The standard InChI is InChI=1S/C37H34O10/c1-40-23-11-9-21(10-12-23)15-16-45-36-24(7-6-8-28(36)41-2)26-19-33(38)46-27-14-13-25-35(39)32(47-37(25)34(26)27)18-22-17-30(43-4)31(44-5)20-29(22)42-3/h6-14,17-18,20,26H,15-16,19H2,1-5H3/b32-18-. The van der Waals surface area contributed by atoms with Crippen molar-refractivity contribution in [2.75, 3.05) is 42.2 Å². The van der Waals surface area contributed by atoms with Crippen molar-refractivity contribution in [1.82, 2.24) is 0 Å². The third kappa shape index (κ3) is 6.02. The van der Waals surface area contributed by atoms with Gasteiger partial charge in [0.1, 0.15) is 23.0 Å². The number of esters is 1. The van der Waals surface area contributed by atoms with Gasteiger partial charge in [-0.25, -0.2) is 0 Å². The molecular weight excluding hydrogens is 604 g/mol. The first-order valence-electron chi connectivity index (χ1n) is 14.9. The fourth-order valence-electron chi connectivity index (χ4n) is 5.86. The number of para-hydroxylation sites is 1. The molecule has 242 valence electrons. The zero-order chi connectivity index (χ0) is 33.1. The number of carbonyl (C=O) groups excluding carboxylic acids is 2. The maximum Gasteiger partial charge on any atom is 0.312 e. The van der Waals surface area contributed by atoms with Gasteiger partial charge in [0.25, 0.3) is 0 Å². The Morgan fingerprint density at radius 3 is 2.19 bits per heavy atom. The first kappa shape index (κ1) is 31.3. The van der Waals surface area contributed by atoms with E-state index in [0.717, 1.165) is 11.3 Å². The van der Waals surface area contributed by atoms with Crippen LogP contribution in [0.5, 0.6) is 46.0 Å². The third-order valence-corrected chi connectivity index (χ3v) is 8.20. The van der Waals surface area contributed by atoms with Gasteiger partial charge in [-0.05, 0) is 48.0 Å². The zero-order valence-corrected chi connectivity index (χ0v) is 26.7. The van der Waals surface area contributed by atoms with Crippen molar-refractivity contribution < 1.29 is 47.5 Å². The molecule has 6 rings (SSSR count). The lowest BCUT2D eigenvalue weighted by Crippen LogP contribution is -2.22. The van der Waals surface area contributed by atoms with Crippen molar-refractivity contribution in [3.05, 3.63) is 100 Å². The summed E-state index contributed by atoms with van der Waals surface area (Å²) in [6.07, 6.45) is 2.23. The molecule has 0 spiro atoms. The van der Waals surface area contributed by atoms with Gasteiger partial charge in [-0.3, -0.25) is 9.59 Å². The molecule has 2 aliphatic heterocycles. The number of allylic oxidation sites excluding steroid dienone is 1. The van der Waals surface area contributed by atoms with Gasteiger partial charge in [-0.15, -0.1) is 0 Å². The molecule has 0 aromatic heterocycles. The summed E-state index contributed by atoms with van der Waals surface area (Å²) in [7, 11) is 7.77. The molecule has 47 heavy (non-hydrogen) atoms. The van der Waals surface area contributed by atoms with Crippen LogP contribution in [0, 0.1) is 0 Å². The summed E-state index contributed by atoms with van der Waals surface area (Å²) >= 11 is 0. The predicted octanol–water partition coefficient (Wildman–Crippen LogP) is 6.41. The van der Waals surface area contributed by atoms with Crippen LogP contribution in [0.2, 0.25) is 0 Å². The van der Waals surface area contributed by atoms with Crippen molar-refractivity contribution in [3.63, 3.8) is 0 Å². The first-order valence-corrected chi connectivity index (χ1v) is 14.9. The average Bonchev–Trinajstić information content (AvgIpc) is 3.42. The Balaban J connectivity index is 1.37. The normalized spacial score (nSPS) is 15.7. The first-order chi connectivity index (χ1) is 22.9. The molecule has 10 heteroatoms. The summed E-state index contributed by atoms with van der Waals surface area (Å²) in [5.74, 6) is 2.64. The Morgan fingerprint density at radius 2 is 1.49 bits per heavy atom. The van der Waals surface area contributed by atoms with Crippen molar-refractivity contribution >= 4 is 17.8 Å². The molecule has 0 bridgehead atoms. The predicted molar refractivity (Wildman–Crippen MR) is 173 cm³/mol. The summed E-state index contributed by atoms with van der Waals surface area (Å²) in [5.41, 5.74) is 3.26. The lowest BCUT2D eigenvalue weighted by Gasteiger charge is -2.28. The summed E-state index contributed by atoms with van der Waals surface area (Å²) in [6.45, 7) is 0.353. The lowest BCUT2D eigenvalue weighted by atomic mass is 9.84. The van der Waals surface area contributed by atoms with Gasteiger partial charge in [0.05, 0.1) is 54.1 Å².